The zero-order valence-corrected chi connectivity index (χ0v) is 13.3. The molecule has 0 saturated carbocycles. The molecule has 2 nitrogen and oxygen atoms in total. The van der Waals surface area contributed by atoms with Gasteiger partial charge in [0.2, 0.25) is 0 Å². The van der Waals surface area contributed by atoms with E-state index in [0.717, 1.165) is 18.5 Å². The first-order valence-electron chi connectivity index (χ1n) is 7.49. The summed E-state index contributed by atoms with van der Waals surface area (Å²) in [6, 6.07) is 5.67. The molecule has 1 aromatic carbocycles. The van der Waals surface area contributed by atoms with Crippen molar-refractivity contribution in [3.8, 4) is 0 Å². The average Bonchev–Trinajstić information content (AvgIpc) is 2.72. The van der Waals surface area contributed by atoms with E-state index in [4.69, 9.17) is 23.2 Å². The number of hydrogen-bond donors (Lipinski definition) is 1. The highest BCUT2D eigenvalue weighted by molar-refractivity contribution is 6.42. The fourth-order valence-electron chi connectivity index (χ4n) is 2.83. The molecular weight excluding hydrogens is 293 g/mol. The molecule has 1 atom stereocenters. The summed E-state index contributed by atoms with van der Waals surface area (Å²) in [5, 5.41) is 10.8. The number of rotatable bonds is 5. The Labute approximate surface area is 131 Å². The highest BCUT2D eigenvalue weighted by Gasteiger charge is 2.15. The van der Waals surface area contributed by atoms with Crippen LogP contribution in [0.3, 0.4) is 0 Å². The number of likely N-dealkylation sites (tertiary alicyclic amines) is 1. The van der Waals surface area contributed by atoms with Gasteiger partial charge < -0.3 is 10.0 Å². The minimum atomic E-state index is 0.146. The van der Waals surface area contributed by atoms with Crippen molar-refractivity contribution in [1.29, 1.82) is 0 Å². The third-order valence-corrected chi connectivity index (χ3v) is 4.87. The Morgan fingerprint density at radius 2 is 1.75 bits per heavy atom. The number of nitrogens with zero attached hydrogens (tertiary/aromatic N) is 1. The molecule has 0 radical (unpaired) electrons. The lowest BCUT2D eigenvalue weighted by Gasteiger charge is -2.23. The lowest BCUT2D eigenvalue weighted by Crippen LogP contribution is -2.27. The number of benzene rings is 1. The highest BCUT2D eigenvalue weighted by Crippen LogP contribution is 2.28. The lowest BCUT2D eigenvalue weighted by atomic mass is 9.96. The maximum absolute atomic E-state index is 9.63. The SMILES string of the molecule is OCC(CCN1CCCCCC1)c1ccc(Cl)c(Cl)c1. The number of aliphatic hydroxyl groups is 1. The fourth-order valence-corrected chi connectivity index (χ4v) is 3.13. The molecule has 1 aliphatic rings. The molecular formula is C16H23Cl2NO. The summed E-state index contributed by atoms with van der Waals surface area (Å²) in [6.07, 6.45) is 6.28. The largest absolute Gasteiger partial charge is 0.396 e. The van der Waals surface area contributed by atoms with Gasteiger partial charge in [-0.15, -0.1) is 0 Å². The van der Waals surface area contributed by atoms with Crippen molar-refractivity contribution in [1.82, 2.24) is 4.90 Å². The van der Waals surface area contributed by atoms with E-state index in [2.05, 4.69) is 4.90 Å². The van der Waals surface area contributed by atoms with Crippen molar-refractivity contribution >= 4 is 23.2 Å². The summed E-state index contributed by atoms with van der Waals surface area (Å²) in [5.41, 5.74) is 1.08. The van der Waals surface area contributed by atoms with Crippen LogP contribution in [0.5, 0.6) is 0 Å². The van der Waals surface area contributed by atoms with Crippen molar-refractivity contribution < 1.29 is 5.11 Å². The number of aliphatic hydroxyl groups excluding tert-OH is 1. The first kappa shape index (κ1) is 16.1. The number of halogens is 2. The van der Waals surface area contributed by atoms with Crippen molar-refractivity contribution in [3.05, 3.63) is 33.8 Å². The predicted molar refractivity (Wildman–Crippen MR) is 85.8 cm³/mol. The Hall–Kier alpha value is -0.280. The monoisotopic (exact) mass is 315 g/mol. The standard InChI is InChI=1S/C16H23Cl2NO/c17-15-6-5-13(11-16(15)18)14(12-20)7-10-19-8-3-1-2-4-9-19/h5-6,11,14,20H,1-4,7-10,12H2. The van der Waals surface area contributed by atoms with Crippen molar-refractivity contribution in [2.24, 2.45) is 0 Å². The normalized spacial score (nSPS) is 18.8. The second kappa shape index (κ2) is 8.23. The van der Waals surface area contributed by atoms with Gasteiger partial charge in [0.05, 0.1) is 10.0 Å². The highest BCUT2D eigenvalue weighted by atomic mass is 35.5. The molecule has 0 bridgehead atoms. The van der Waals surface area contributed by atoms with Crippen molar-refractivity contribution in [2.75, 3.05) is 26.2 Å². The van der Waals surface area contributed by atoms with Crippen molar-refractivity contribution in [3.63, 3.8) is 0 Å². The molecule has 1 aromatic rings. The summed E-state index contributed by atoms with van der Waals surface area (Å²) >= 11 is 12.0. The van der Waals surface area contributed by atoms with Crippen LogP contribution in [0.2, 0.25) is 10.0 Å². The zero-order valence-electron chi connectivity index (χ0n) is 11.8. The van der Waals surface area contributed by atoms with E-state index in [1.54, 1.807) is 0 Å². The van der Waals surface area contributed by atoms with Crippen LogP contribution < -0.4 is 0 Å². The summed E-state index contributed by atoms with van der Waals surface area (Å²) in [5.74, 6) is 0.146. The molecule has 1 heterocycles. The fraction of sp³-hybridized carbons (Fsp3) is 0.625. The van der Waals surface area contributed by atoms with Crippen molar-refractivity contribution in [2.45, 2.75) is 38.0 Å². The van der Waals surface area contributed by atoms with E-state index in [0.29, 0.717) is 10.0 Å². The van der Waals surface area contributed by atoms with Crippen LogP contribution in [0.25, 0.3) is 0 Å². The van der Waals surface area contributed by atoms with Crippen LogP contribution in [-0.4, -0.2) is 36.2 Å². The van der Waals surface area contributed by atoms with Crippen LogP contribution in [0, 0.1) is 0 Å². The molecule has 4 heteroatoms. The van der Waals surface area contributed by atoms with Gasteiger partial charge >= 0.3 is 0 Å². The van der Waals surface area contributed by atoms with Gasteiger partial charge in [-0.3, -0.25) is 0 Å². The maximum atomic E-state index is 9.63. The Bertz CT molecular complexity index is 417. The van der Waals surface area contributed by atoms with Gasteiger partial charge in [-0.05, 0) is 56.6 Å². The Balaban J connectivity index is 1.92. The third kappa shape index (κ3) is 4.63. The van der Waals surface area contributed by atoms with Gasteiger partial charge in [-0.2, -0.15) is 0 Å². The summed E-state index contributed by atoms with van der Waals surface area (Å²) in [4.78, 5) is 2.52. The zero-order chi connectivity index (χ0) is 14.4. The smallest absolute Gasteiger partial charge is 0.0595 e. The first-order chi connectivity index (χ1) is 9.70. The minimum absolute atomic E-state index is 0.146. The molecule has 2 rings (SSSR count). The molecule has 112 valence electrons. The van der Waals surface area contributed by atoms with Gasteiger partial charge in [0.15, 0.2) is 0 Å². The molecule has 1 fully saturated rings. The van der Waals surface area contributed by atoms with Gasteiger partial charge in [0, 0.05) is 12.5 Å². The lowest BCUT2D eigenvalue weighted by molar-refractivity contribution is 0.226. The van der Waals surface area contributed by atoms with Gasteiger partial charge in [0.1, 0.15) is 0 Å². The Morgan fingerprint density at radius 1 is 1.05 bits per heavy atom. The molecule has 1 unspecified atom stereocenters. The minimum Gasteiger partial charge on any atom is -0.396 e. The maximum Gasteiger partial charge on any atom is 0.0595 e. The van der Waals surface area contributed by atoms with Crippen LogP contribution >= 0.6 is 23.2 Å². The van der Waals surface area contributed by atoms with E-state index in [-0.39, 0.29) is 12.5 Å². The quantitative estimate of drug-likeness (QED) is 0.874. The van der Waals surface area contributed by atoms with E-state index < -0.39 is 0 Å². The molecule has 0 spiro atoms. The summed E-state index contributed by atoms with van der Waals surface area (Å²) in [6.45, 7) is 3.59. The summed E-state index contributed by atoms with van der Waals surface area (Å²) < 4.78 is 0. The van der Waals surface area contributed by atoms with E-state index in [1.807, 2.05) is 18.2 Å². The van der Waals surface area contributed by atoms with E-state index >= 15 is 0 Å². The van der Waals surface area contributed by atoms with Gasteiger partial charge in [-0.1, -0.05) is 42.1 Å². The molecule has 0 aliphatic carbocycles. The molecule has 1 saturated heterocycles. The molecule has 0 amide bonds. The first-order valence-corrected chi connectivity index (χ1v) is 8.24. The third-order valence-electron chi connectivity index (χ3n) is 4.13. The van der Waals surface area contributed by atoms with Crippen LogP contribution in [-0.2, 0) is 0 Å². The van der Waals surface area contributed by atoms with Gasteiger partial charge in [0.25, 0.3) is 0 Å². The topological polar surface area (TPSA) is 23.5 Å². The van der Waals surface area contributed by atoms with E-state index in [1.165, 1.54) is 38.8 Å². The number of hydrogen-bond acceptors (Lipinski definition) is 2. The van der Waals surface area contributed by atoms with E-state index in [9.17, 15) is 5.11 Å². The molecule has 0 aromatic heterocycles. The van der Waals surface area contributed by atoms with Gasteiger partial charge in [-0.25, -0.2) is 0 Å². The Morgan fingerprint density at radius 3 is 2.35 bits per heavy atom. The van der Waals surface area contributed by atoms with Crippen LogP contribution in [0.15, 0.2) is 18.2 Å². The second-order valence-corrected chi connectivity index (χ2v) is 6.41. The van der Waals surface area contributed by atoms with Crippen LogP contribution in [0.1, 0.15) is 43.6 Å². The summed E-state index contributed by atoms with van der Waals surface area (Å²) in [7, 11) is 0. The predicted octanol–water partition coefficient (Wildman–Crippen LogP) is 4.34. The Kier molecular flexibility index (Phi) is 6.63. The average molecular weight is 316 g/mol. The molecule has 1 N–H and O–H groups in total. The van der Waals surface area contributed by atoms with Crippen LogP contribution in [0.4, 0.5) is 0 Å². The molecule has 20 heavy (non-hydrogen) atoms. The molecule has 1 aliphatic heterocycles. The second-order valence-electron chi connectivity index (χ2n) is 5.60.